The molecule has 4 aliphatic rings. The second-order valence-electron chi connectivity index (χ2n) is 10.2. The Morgan fingerprint density at radius 3 is 2.24 bits per heavy atom. The van der Waals surface area contributed by atoms with E-state index in [9.17, 15) is 4.79 Å². The molecule has 0 saturated heterocycles. The van der Waals surface area contributed by atoms with E-state index in [0.29, 0.717) is 22.9 Å². The minimum Gasteiger partial charge on any atom is -0.493 e. The average Bonchev–Trinajstić information content (AvgIpc) is 3.29. The number of nitrogens with one attached hydrogen (secondary N) is 1. The molecule has 4 aliphatic carbocycles. The first-order chi connectivity index (χ1) is 16.0. The number of carbonyl (C=O) groups is 1. The van der Waals surface area contributed by atoms with Crippen LogP contribution < -0.4 is 19.5 Å². The van der Waals surface area contributed by atoms with Gasteiger partial charge in [0.05, 0.1) is 14.2 Å². The average molecular weight is 454 g/mol. The summed E-state index contributed by atoms with van der Waals surface area (Å²) < 4.78 is 18.3. The van der Waals surface area contributed by atoms with E-state index >= 15 is 0 Å². The molecule has 7 nitrogen and oxygen atoms in total. The fourth-order valence-corrected chi connectivity index (χ4v) is 7.17. The van der Waals surface area contributed by atoms with Crippen molar-refractivity contribution in [2.75, 3.05) is 14.2 Å². The van der Waals surface area contributed by atoms with Gasteiger partial charge in [0.2, 0.25) is 5.75 Å². The molecule has 33 heavy (non-hydrogen) atoms. The lowest BCUT2D eigenvalue weighted by atomic mass is 9.47. The summed E-state index contributed by atoms with van der Waals surface area (Å²) in [6, 6.07) is 7.45. The molecule has 0 spiro atoms. The van der Waals surface area contributed by atoms with Crippen LogP contribution in [0, 0.1) is 23.2 Å². The standard InChI is InChI=1S/C26H35N3O4/c1-4-23(26-13-17-10-18(14-26)12-19(11-17)15-26)27-25(30)20-8-9-29(28-20)16-33-24-21(31-2)6-5-7-22(24)32-3/h5-9,17-19,23H,4,10-16H2,1-3H3,(H,27,30). The SMILES string of the molecule is CCC(NC(=O)c1ccn(COc2c(OC)cccc2OC)n1)C12CC3CC(CC(C3)C1)C2. The van der Waals surface area contributed by atoms with Crippen molar-refractivity contribution in [2.45, 2.75) is 64.6 Å². The molecule has 1 atom stereocenters. The van der Waals surface area contributed by atoms with E-state index in [2.05, 4.69) is 17.3 Å². The van der Waals surface area contributed by atoms with Crippen LogP contribution in [0.25, 0.3) is 0 Å². The summed E-state index contributed by atoms with van der Waals surface area (Å²) in [5, 5.41) is 7.84. The van der Waals surface area contributed by atoms with Crippen LogP contribution in [0.3, 0.4) is 0 Å². The number of amides is 1. The Bertz CT molecular complexity index is 944. The minimum atomic E-state index is -0.0915. The molecule has 4 saturated carbocycles. The highest BCUT2D eigenvalue weighted by molar-refractivity contribution is 5.92. The van der Waals surface area contributed by atoms with Crippen molar-refractivity contribution in [3.8, 4) is 17.2 Å². The van der Waals surface area contributed by atoms with Crippen LogP contribution in [0.2, 0.25) is 0 Å². The van der Waals surface area contributed by atoms with E-state index in [1.54, 1.807) is 31.2 Å². The van der Waals surface area contributed by atoms with Gasteiger partial charge in [-0.15, -0.1) is 0 Å². The van der Waals surface area contributed by atoms with Gasteiger partial charge in [-0.1, -0.05) is 13.0 Å². The molecule has 1 amide bonds. The van der Waals surface area contributed by atoms with E-state index in [1.807, 2.05) is 18.2 Å². The molecule has 0 aliphatic heterocycles. The second-order valence-corrected chi connectivity index (χ2v) is 10.2. The third-order valence-electron chi connectivity index (χ3n) is 8.14. The lowest BCUT2D eigenvalue weighted by molar-refractivity contribution is -0.0727. The summed E-state index contributed by atoms with van der Waals surface area (Å²) in [4.78, 5) is 13.1. The highest BCUT2D eigenvalue weighted by Crippen LogP contribution is 2.61. The van der Waals surface area contributed by atoms with Gasteiger partial charge in [0.1, 0.15) is 5.69 Å². The van der Waals surface area contributed by atoms with Crippen molar-refractivity contribution in [2.24, 2.45) is 23.2 Å². The number of ether oxygens (including phenoxy) is 3. The summed E-state index contributed by atoms with van der Waals surface area (Å²) in [6.07, 6.45) is 10.8. The van der Waals surface area contributed by atoms with Crippen LogP contribution >= 0.6 is 0 Å². The number of methoxy groups -OCH3 is 2. The number of nitrogens with zero attached hydrogens (tertiary/aromatic N) is 2. The Kier molecular flexibility index (Phi) is 5.97. The Balaban J connectivity index is 1.24. The van der Waals surface area contributed by atoms with Crippen molar-refractivity contribution in [1.82, 2.24) is 15.1 Å². The number of hydrogen-bond donors (Lipinski definition) is 1. The normalized spacial score (nSPS) is 28.4. The maximum absolute atomic E-state index is 13.1. The predicted molar refractivity (Wildman–Crippen MR) is 125 cm³/mol. The molecule has 1 aromatic heterocycles. The number of benzene rings is 1. The number of para-hydroxylation sites is 1. The fourth-order valence-electron chi connectivity index (χ4n) is 7.17. The third kappa shape index (κ3) is 4.18. The van der Waals surface area contributed by atoms with Crippen molar-refractivity contribution in [1.29, 1.82) is 0 Å². The van der Waals surface area contributed by atoms with E-state index in [-0.39, 0.29) is 24.1 Å². The monoisotopic (exact) mass is 453 g/mol. The smallest absolute Gasteiger partial charge is 0.272 e. The number of carbonyl (C=O) groups excluding carboxylic acids is 1. The van der Waals surface area contributed by atoms with Crippen LogP contribution in [-0.4, -0.2) is 35.9 Å². The van der Waals surface area contributed by atoms with Crippen molar-refractivity contribution < 1.29 is 19.0 Å². The zero-order chi connectivity index (χ0) is 23.0. The van der Waals surface area contributed by atoms with E-state index < -0.39 is 0 Å². The minimum absolute atomic E-state index is 0.0915. The Hall–Kier alpha value is -2.70. The van der Waals surface area contributed by atoms with Gasteiger partial charge in [0.25, 0.3) is 5.91 Å². The van der Waals surface area contributed by atoms with Crippen molar-refractivity contribution >= 4 is 5.91 Å². The first-order valence-corrected chi connectivity index (χ1v) is 12.2. The van der Waals surface area contributed by atoms with E-state index in [0.717, 1.165) is 24.2 Å². The molecule has 6 rings (SSSR count). The van der Waals surface area contributed by atoms with Gasteiger partial charge in [-0.05, 0) is 86.3 Å². The number of aromatic nitrogens is 2. The topological polar surface area (TPSA) is 74.6 Å². The summed E-state index contributed by atoms with van der Waals surface area (Å²) in [5.41, 5.74) is 0.708. The van der Waals surface area contributed by atoms with Gasteiger partial charge < -0.3 is 19.5 Å². The molecule has 178 valence electrons. The van der Waals surface area contributed by atoms with Crippen LogP contribution in [0.4, 0.5) is 0 Å². The molecule has 4 fully saturated rings. The number of rotatable bonds is 9. The fraction of sp³-hybridized carbons (Fsp3) is 0.615. The first kappa shape index (κ1) is 22.1. The zero-order valence-electron chi connectivity index (χ0n) is 19.9. The van der Waals surface area contributed by atoms with Gasteiger partial charge in [0, 0.05) is 12.2 Å². The first-order valence-electron chi connectivity index (χ1n) is 12.2. The Labute approximate surface area is 195 Å². The van der Waals surface area contributed by atoms with E-state index in [1.165, 1.54) is 38.5 Å². The maximum Gasteiger partial charge on any atom is 0.272 e. The van der Waals surface area contributed by atoms with Gasteiger partial charge in [0.15, 0.2) is 18.2 Å². The van der Waals surface area contributed by atoms with Crippen LogP contribution in [0.15, 0.2) is 30.5 Å². The Morgan fingerprint density at radius 1 is 1.09 bits per heavy atom. The lowest BCUT2D eigenvalue weighted by Gasteiger charge is -2.59. The largest absolute Gasteiger partial charge is 0.493 e. The molecule has 7 heteroatoms. The molecule has 1 N–H and O–H groups in total. The van der Waals surface area contributed by atoms with Crippen LogP contribution in [0.1, 0.15) is 62.4 Å². The van der Waals surface area contributed by atoms with Crippen molar-refractivity contribution in [3.05, 3.63) is 36.2 Å². The highest BCUT2D eigenvalue weighted by Gasteiger charge is 2.54. The second kappa shape index (κ2) is 8.92. The summed E-state index contributed by atoms with van der Waals surface area (Å²) in [6.45, 7) is 2.35. The molecule has 4 bridgehead atoms. The predicted octanol–water partition coefficient (Wildman–Crippen LogP) is 4.66. The molecule has 2 aromatic rings. The van der Waals surface area contributed by atoms with Crippen LogP contribution in [-0.2, 0) is 6.73 Å². The maximum atomic E-state index is 13.1. The lowest BCUT2D eigenvalue weighted by Crippen LogP contribution is -2.56. The van der Waals surface area contributed by atoms with Gasteiger partial charge in [-0.25, -0.2) is 4.68 Å². The van der Waals surface area contributed by atoms with Crippen LogP contribution in [0.5, 0.6) is 17.2 Å². The van der Waals surface area contributed by atoms with Gasteiger partial charge >= 0.3 is 0 Å². The molecule has 0 radical (unpaired) electrons. The van der Waals surface area contributed by atoms with Gasteiger partial charge in [-0.2, -0.15) is 5.10 Å². The summed E-state index contributed by atoms with van der Waals surface area (Å²) in [7, 11) is 3.18. The highest BCUT2D eigenvalue weighted by atomic mass is 16.5. The molecular weight excluding hydrogens is 418 g/mol. The zero-order valence-corrected chi connectivity index (χ0v) is 19.9. The summed E-state index contributed by atoms with van der Waals surface area (Å²) >= 11 is 0. The molecule has 1 aromatic carbocycles. The van der Waals surface area contributed by atoms with Gasteiger partial charge in [-0.3, -0.25) is 4.79 Å². The third-order valence-corrected chi connectivity index (χ3v) is 8.14. The molecule has 1 unspecified atom stereocenters. The van der Waals surface area contributed by atoms with E-state index in [4.69, 9.17) is 14.2 Å². The quantitative estimate of drug-likeness (QED) is 0.598. The molecular formula is C26H35N3O4. The molecule has 1 heterocycles. The summed E-state index contributed by atoms with van der Waals surface area (Å²) in [5.74, 6) is 4.19. The Morgan fingerprint density at radius 2 is 1.70 bits per heavy atom. The number of hydrogen-bond acceptors (Lipinski definition) is 5. The van der Waals surface area contributed by atoms with Crippen molar-refractivity contribution in [3.63, 3.8) is 0 Å².